The normalized spacial score (nSPS) is 10.4. The molecule has 0 saturated carbocycles. The van der Waals surface area contributed by atoms with Crippen LogP contribution >= 0.6 is 11.6 Å². The van der Waals surface area contributed by atoms with E-state index in [1.54, 1.807) is 19.2 Å². The highest BCUT2D eigenvalue weighted by atomic mass is 35.5. The summed E-state index contributed by atoms with van der Waals surface area (Å²) in [5.41, 5.74) is 0.816. The Balaban J connectivity index is 2.42. The predicted molar refractivity (Wildman–Crippen MR) is 70.5 cm³/mol. The number of aromatic nitrogens is 1. The first-order valence-corrected chi connectivity index (χ1v) is 5.88. The van der Waals surface area contributed by atoms with Crippen molar-refractivity contribution in [1.29, 1.82) is 5.26 Å². The van der Waals surface area contributed by atoms with Crippen molar-refractivity contribution in [3.05, 3.63) is 28.9 Å². The number of halogens is 1. The molecule has 0 aliphatic carbocycles. The molecule has 0 atom stereocenters. The Labute approximate surface area is 115 Å². The molecule has 0 unspecified atom stereocenters. The van der Waals surface area contributed by atoms with Crippen molar-refractivity contribution in [1.82, 2.24) is 4.98 Å². The first-order valence-electron chi connectivity index (χ1n) is 5.51. The Hall–Kier alpha value is -2.03. The second kappa shape index (κ2) is 5.74. The summed E-state index contributed by atoms with van der Waals surface area (Å²) in [6.07, 6.45) is 0. The number of rotatable bonds is 4. The number of ether oxygens (including phenoxy) is 2. The second-order valence-corrected chi connectivity index (χ2v) is 4.15. The van der Waals surface area contributed by atoms with Gasteiger partial charge in [0.15, 0.2) is 11.5 Å². The molecule has 0 fully saturated rings. The van der Waals surface area contributed by atoms with Gasteiger partial charge < -0.3 is 14.6 Å². The molecule has 98 valence electrons. The lowest BCUT2D eigenvalue weighted by Crippen LogP contribution is -2.04. The summed E-state index contributed by atoms with van der Waals surface area (Å²) in [4.78, 5) is 4.10. The Bertz CT molecular complexity index is 652. The van der Waals surface area contributed by atoms with Crippen LogP contribution in [-0.2, 0) is 4.74 Å². The molecular weight excluding hydrogens is 268 g/mol. The predicted octanol–water partition coefficient (Wildman–Crippen LogP) is 2.49. The number of pyridine rings is 1. The van der Waals surface area contributed by atoms with Crippen LogP contribution in [0.5, 0.6) is 11.5 Å². The van der Waals surface area contributed by atoms with Gasteiger partial charge in [-0.15, -0.1) is 0 Å². The summed E-state index contributed by atoms with van der Waals surface area (Å²) in [6.45, 7) is 0.735. The summed E-state index contributed by atoms with van der Waals surface area (Å²) >= 11 is 5.87. The van der Waals surface area contributed by atoms with Crippen molar-refractivity contribution in [2.75, 3.05) is 20.3 Å². The standard InChI is InChI=1S/C13H11ClN2O3/c1-18-2-3-19-12-6-10-8(5-11(12)17)4-9(7-15)13(14)16-10/h4-6,17H,2-3H2,1H3. The van der Waals surface area contributed by atoms with Crippen molar-refractivity contribution in [3.63, 3.8) is 0 Å². The van der Waals surface area contributed by atoms with Crippen LogP contribution in [0.3, 0.4) is 0 Å². The molecule has 0 aliphatic rings. The molecule has 0 saturated heterocycles. The molecule has 0 spiro atoms. The van der Waals surface area contributed by atoms with E-state index in [0.717, 1.165) is 0 Å². The van der Waals surface area contributed by atoms with Crippen molar-refractivity contribution >= 4 is 22.5 Å². The largest absolute Gasteiger partial charge is 0.504 e. The lowest BCUT2D eigenvalue weighted by molar-refractivity contribution is 0.144. The molecule has 19 heavy (non-hydrogen) atoms. The molecular formula is C13H11ClN2O3. The number of phenolic OH excluding ortho intramolecular Hbond substituents is 1. The van der Waals surface area contributed by atoms with E-state index in [9.17, 15) is 5.11 Å². The Morgan fingerprint density at radius 2 is 2.16 bits per heavy atom. The molecule has 2 rings (SSSR count). The number of phenols is 1. The van der Waals surface area contributed by atoms with Crippen LogP contribution in [0, 0.1) is 11.3 Å². The van der Waals surface area contributed by atoms with Gasteiger partial charge in [0.25, 0.3) is 0 Å². The molecule has 5 nitrogen and oxygen atoms in total. The summed E-state index contributed by atoms with van der Waals surface area (Å²) in [6, 6.07) is 6.58. The molecule has 1 heterocycles. The van der Waals surface area contributed by atoms with Crippen molar-refractivity contribution in [3.8, 4) is 17.6 Å². The van der Waals surface area contributed by atoms with Gasteiger partial charge in [-0.1, -0.05) is 11.6 Å². The third-order valence-corrected chi connectivity index (χ3v) is 2.80. The minimum atomic E-state index is -0.0170. The van der Waals surface area contributed by atoms with Crippen LogP contribution in [0.25, 0.3) is 10.9 Å². The Morgan fingerprint density at radius 1 is 1.37 bits per heavy atom. The number of benzene rings is 1. The van der Waals surface area contributed by atoms with Gasteiger partial charge in [-0.3, -0.25) is 0 Å². The maximum atomic E-state index is 9.83. The van der Waals surface area contributed by atoms with E-state index in [1.807, 2.05) is 6.07 Å². The summed E-state index contributed by atoms with van der Waals surface area (Å²) in [7, 11) is 1.56. The number of nitriles is 1. The highest BCUT2D eigenvalue weighted by Crippen LogP contribution is 2.32. The number of nitrogens with zero attached hydrogens (tertiary/aromatic N) is 2. The molecule has 0 aliphatic heterocycles. The van der Waals surface area contributed by atoms with E-state index in [1.165, 1.54) is 6.07 Å². The van der Waals surface area contributed by atoms with Gasteiger partial charge in [0.2, 0.25) is 0 Å². The van der Waals surface area contributed by atoms with E-state index in [2.05, 4.69) is 4.98 Å². The fourth-order valence-electron chi connectivity index (χ4n) is 1.60. The zero-order valence-electron chi connectivity index (χ0n) is 10.2. The minimum absolute atomic E-state index is 0.0170. The highest BCUT2D eigenvalue weighted by Gasteiger charge is 2.09. The van der Waals surface area contributed by atoms with E-state index in [-0.39, 0.29) is 16.5 Å². The first kappa shape index (κ1) is 13.4. The minimum Gasteiger partial charge on any atom is -0.504 e. The zero-order chi connectivity index (χ0) is 13.8. The van der Waals surface area contributed by atoms with E-state index in [0.29, 0.717) is 29.9 Å². The van der Waals surface area contributed by atoms with Crippen LogP contribution in [0.1, 0.15) is 5.56 Å². The molecule has 0 radical (unpaired) electrons. The number of hydrogen-bond acceptors (Lipinski definition) is 5. The number of fused-ring (bicyclic) bond motifs is 1. The van der Waals surface area contributed by atoms with Gasteiger partial charge >= 0.3 is 0 Å². The van der Waals surface area contributed by atoms with Crippen molar-refractivity contribution in [2.45, 2.75) is 0 Å². The molecule has 6 heteroatoms. The lowest BCUT2D eigenvalue weighted by atomic mass is 10.1. The van der Waals surface area contributed by atoms with Crippen LogP contribution < -0.4 is 4.74 Å². The smallest absolute Gasteiger partial charge is 0.163 e. The van der Waals surface area contributed by atoms with Gasteiger partial charge in [0.1, 0.15) is 17.8 Å². The van der Waals surface area contributed by atoms with Gasteiger partial charge in [0, 0.05) is 18.6 Å². The Kier molecular flexibility index (Phi) is 4.05. The number of methoxy groups -OCH3 is 1. The van der Waals surface area contributed by atoms with E-state index in [4.69, 9.17) is 26.3 Å². The highest BCUT2D eigenvalue weighted by molar-refractivity contribution is 6.31. The molecule has 0 bridgehead atoms. The zero-order valence-corrected chi connectivity index (χ0v) is 10.9. The fourth-order valence-corrected chi connectivity index (χ4v) is 1.78. The van der Waals surface area contributed by atoms with Crippen LogP contribution in [0.2, 0.25) is 5.15 Å². The van der Waals surface area contributed by atoms with Crippen LogP contribution in [-0.4, -0.2) is 30.4 Å². The van der Waals surface area contributed by atoms with E-state index >= 15 is 0 Å². The summed E-state index contributed by atoms with van der Waals surface area (Å²) in [5.74, 6) is 0.287. The molecule has 1 aromatic heterocycles. The quantitative estimate of drug-likeness (QED) is 0.687. The maximum Gasteiger partial charge on any atom is 0.163 e. The van der Waals surface area contributed by atoms with Crippen molar-refractivity contribution in [2.24, 2.45) is 0 Å². The average molecular weight is 279 g/mol. The second-order valence-electron chi connectivity index (χ2n) is 3.79. The fraction of sp³-hybridized carbons (Fsp3) is 0.231. The monoisotopic (exact) mass is 278 g/mol. The van der Waals surface area contributed by atoms with Gasteiger partial charge in [0.05, 0.1) is 17.7 Å². The third kappa shape index (κ3) is 2.87. The molecule has 1 N–H and O–H groups in total. The number of hydrogen-bond donors (Lipinski definition) is 1. The summed E-state index contributed by atoms with van der Waals surface area (Å²) < 4.78 is 10.2. The molecule has 2 aromatic rings. The van der Waals surface area contributed by atoms with E-state index < -0.39 is 0 Å². The van der Waals surface area contributed by atoms with Gasteiger partial charge in [-0.2, -0.15) is 5.26 Å². The van der Waals surface area contributed by atoms with Crippen LogP contribution in [0.15, 0.2) is 18.2 Å². The summed E-state index contributed by atoms with van der Waals surface area (Å²) in [5, 5.41) is 19.5. The molecule has 0 amide bonds. The molecule has 1 aromatic carbocycles. The maximum absolute atomic E-state index is 9.83. The lowest BCUT2D eigenvalue weighted by Gasteiger charge is -2.09. The van der Waals surface area contributed by atoms with Gasteiger partial charge in [-0.25, -0.2) is 4.98 Å². The third-order valence-electron chi connectivity index (χ3n) is 2.51. The van der Waals surface area contributed by atoms with Gasteiger partial charge in [-0.05, 0) is 12.1 Å². The number of aromatic hydroxyl groups is 1. The first-order chi connectivity index (χ1) is 9.15. The average Bonchev–Trinajstić information content (AvgIpc) is 2.39. The SMILES string of the molecule is COCCOc1cc2nc(Cl)c(C#N)cc2cc1O. The van der Waals surface area contributed by atoms with Crippen LogP contribution in [0.4, 0.5) is 0 Å². The van der Waals surface area contributed by atoms with Crippen molar-refractivity contribution < 1.29 is 14.6 Å². The Morgan fingerprint density at radius 3 is 2.84 bits per heavy atom. The topological polar surface area (TPSA) is 75.4 Å².